The minimum absolute atomic E-state index is 0.0758. The molecule has 1 aromatic heterocycles. The fourth-order valence-electron chi connectivity index (χ4n) is 2.11. The Balaban J connectivity index is 2.24. The van der Waals surface area contributed by atoms with Crippen LogP contribution in [0.15, 0.2) is 24.5 Å². The first-order chi connectivity index (χ1) is 10.9. The van der Waals surface area contributed by atoms with Crippen LogP contribution in [-0.4, -0.2) is 34.1 Å². The molecule has 0 unspecified atom stereocenters. The molecule has 1 N–H and O–H groups in total. The van der Waals surface area contributed by atoms with E-state index in [1.165, 1.54) is 6.07 Å². The number of rotatable bonds is 6. The van der Waals surface area contributed by atoms with Crippen molar-refractivity contribution in [2.45, 2.75) is 13.5 Å². The van der Waals surface area contributed by atoms with Gasteiger partial charge in [0.1, 0.15) is 11.5 Å². The van der Waals surface area contributed by atoms with Crippen molar-refractivity contribution in [1.82, 2.24) is 9.55 Å². The maximum absolute atomic E-state index is 13.9. The molecule has 23 heavy (non-hydrogen) atoms. The number of hydrogen-bond donors (Lipinski definition) is 1. The third kappa shape index (κ3) is 3.62. The third-order valence-corrected chi connectivity index (χ3v) is 3.26. The van der Waals surface area contributed by atoms with Crippen molar-refractivity contribution in [2.24, 2.45) is 0 Å². The lowest BCUT2D eigenvalue weighted by molar-refractivity contribution is -0.386. The zero-order chi connectivity index (χ0) is 17.0. The lowest BCUT2D eigenvalue weighted by Crippen LogP contribution is -2.13. The molecule has 0 aliphatic heterocycles. The van der Waals surface area contributed by atoms with E-state index >= 15 is 0 Å². The highest BCUT2D eigenvalue weighted by Crippen LogP contribution is 2.29. The molecule has 0 bridgehead atoms. The van der Waals surface area contributed by atoms with Gasteiger partial charge in [-0.2, -0.15) is 4.39 Å². The second-order valence-corrected chi connectivity index (χ2v) is 4.70. The minimum Gasteiger partial charge on any atom is -0.465 e. The van der Waals surface area contributed by atoms with E-state index in [-0.39, 0.29) is 11.3 Å². The van der Waals surface area contributed by atoms with Crippen molar-refractivity contribution in [3.63, 3.8) is 0 Å². The van der Waals surface area contributed by atoms with Crippen LogP contribution in [0.3, 0.4) is 0 Å². The molecule has 1 heterocycles. The number of aromatic nitrogens is 2. The zero-order valence-electron chi connectivity index (χ0n) is 12.6. The summed E-state index contributed by atoms with van der Waals surface area (Å²) in [5, 5.41) is 13.8. The van der Waals surface area contributed by atoms with Crippen LogP contribution < -0.4 is 5.32 Å². The number of aryl methyl sites for hydroxylation is 1. The van der Waals surface area contributed by atoms with Crippen molar-refractivity contribution >= 4 is 17.3 Å². The van der Waals surface area contributed by atoms with Crippen molar-refractivity contribution in [3.05, 3.63) is 51.8 Å². The van der Waals surface area contributed by atoms with Gasteiger partial charge in [-0.15, -0.1) is 0 Å². The Hall–Kier alpha value is -2.97. The number of imidazole rings is 1. The number of halogens is 1. The summed E-state index contributed by atoms with van der Waals surface area (Å²) in [7, 11) is 1.15. The first-order valence-electron chi connectivity index (χ1n) is 6.72. The van der Waals surface area contributed by atoms with Crippen LogP contribution >= 0.6 is 0 Å². The normalized spacial score (nSPS) is 10.4. The van der Waals surface area contributed by atoms with Crippen LogP contribution in [0.5, 0.6) is 0 Å². The van der Waals surface area contributed by atoms with Crippen molar-refractivity contribution in [3.8, 4) is 0 Å². The number of carbonyl (C=O) groups excluding carboxylic acids is 1. The van der Waals surface area contributed by atoms with Crippen LogP contribution in [-0.2, 0) is 11.3 Å². The lowest BCUT2D eigenvalue weighted by atomic mass is 10.1. The van der Waals surface area contributed by atoms with Gasteiger partial charge in [-0.25, -0.2) is 9.78 Å². The summed E-state index contributed by atoms with van der Waals surface area (Å²) < 4.78 is 20.3. The molecule has 0 fully saturated rings. The van der Waals surface area contributed by atoms with Gasteiger partial charge >= 0.3 is 11.7 Å². The molecule has 122 valence electrons. The molecule has 0 atom stereocenters. The zero-order valence-corrected chi connectivity index (χ0v) is 12.6. The summed E-state index contributed by atoms with van der Waals surface area (Å²) in [5.74, 6) is -1.08. The van der Waals surface area contributed by atoms with Gasteiger partial charge in [0.2, 0.25) is 5.82 Å². The molecular formula is C14H15FN4O4. The minimum atomic E-state index is -1.10. The van der Waals surface area contributed by atoms with Crippen LogP contribution in [0.4, 0.5) is 15.8 Å². The summed E-state index contributed by atoms with van der Waals surface area (Å²) in [6.07, 6.45) is 3.40. The summed E-state index contributed by atoms with van der Waals surface area (Å²) in [4.78, 5) is 25.8. The number of hydrogen-bond acceptors (Lipinski definition) is 6. The molecule has 2 aromatic rings. The first kappa shape index (κ1) is 16.4. The van der Waals surface area contributed by atoms with Crippen LogP contribution in [0.25, 0.3) is 0 Å². The largest absolute Gasteiger partial charge is 0.465 e. The van der Waals surface area contributed by atoms with Gasteiger partial charge in [0.05, 0.1) is 17.6 Å². The van der Waals surface area contributed by atoms with Crippen molar-refractivity contribution in [1.29, 1.82) is 0 Å². The van der Waals surface area contributed by atoms with Gasteiger partial charge in [-0.1, -0.05) is 0 Å². The molecule has 0 saturated heterocycles. The monoisotopic (exact) mass is 322 g/mol. The number of nitro groups is 1. The average Bonchev–Trinajstić information content (AvgIpc) is 2.91. The van der Waals surface area contributed by atoms with Crippen molar-refractivity contribution in [2.75, 3.05) is 19.0 Å². The van der Waals surface area contributed by atoms with Crippen molar-refractivity contribution < 1.29 is 18.8 Å². The molecule has 1 aromatic carbocycles. The maximum atomic E-state index is 13.9. The van der Waals surface area contributed by atoms with E-state index < -0.39 is 22.4 Å². The molecule has 2 rings (SSSR count). The van der Waals surface area contributed by atoms with Gasteiger partial charge < -0.3 is 14.6 Å². The van der Waals surface area contributed by atoms with Gasteiger partial charge in [0, 0.05) is 25.5 Å². The molecule has 0 spiro atoms. The van der Waals surface area contributed by atoms with Gasteiger partial charge in [0.15, 0.2) is 0 Å². The average molecular weight is 322 g/mol. The van der Waals surface area contributed by atoms with E-state index in [4.69, 9.17) is 0 Å². The SMILES string of the molecule is COC(=O)c1cc(F)c([N+](=O)[O-])c(NCCn2ccnc2C)c1. The fraction of sp³-hybridized carbons (Fsp3) is 0.286. The highest BCUT2D eigenvalue weighted by molar-refractivity contribution is 5.91. The quantitative estimate of drug-likeness (QED) is 0.497. The molecule has 0 amide bonds. The smallest absolute Gasteiger partial charge is 0.338 e. The Morgan fingerprint density at radius 1 is 1.52 bits per heavy atom. The number of benzene rings is 1. The molecule has 8 nitrogen and oxygen atoms in total. The van der Waals surface area contributed by atoms with Gasteiger partial charge in [-0.3, -0.25) is 10.1 Å². The topological polar surface area (TPSA) is 99.3 Å². The number of esters is 1. The van der Waals surface area contributed by atoms with E-state index in [9.17, 15) is 19.3 Å². The number of anilines is 1. The number of nitro benzene ring substituents is 1. The van der Waals surface area contributed by atoms with Crippen LogP contribution in [0.1, 0.15) is 16.2 Å². The van der Waals surface area contributed by atoms with E-state index in [1.807, 2.05) is 11.5 Å². The Kier molecular flexibility index (Phi) is 4.89. The van der Waals surface area contributed by atoms with Gasteiger partial charge in [-0.05, 0) is 19.1 Å². The Morgan fingerprint density at radius 2 is 2.26 bits per heavy atom. The second-order valence-electron chi connectivity index (χ2n) is 4.70. The predicted molar refractivity (Wildman–Crippen MR) is 79.8 cm³/mol. The lowest BCUT2D eigenvalue weighted by Gasteiger charge is -2.10. The first-order valence-corrected chi connectivity index (χ1v) is 6.72. The number of nitrogens with one attached hydrogen (secondary N) is 1. The number of nitrogens with zero attached hydrogens (tertiary/aromatic N) is 3. The predicted octanol–water partition coefficient (Wildman–Crippen LogP) is 2.14. The van der Waals surface area contributed by atoms with E-state index in [0.717, 1.165) is 19.0 Å². The Labute approximate surface area is 131 Å². The number of methoxy groups -OCH3 is 1. The Morgan fingerprint density at radius 3 is 2.83 bits per heavy atom. The van der Waals surface area contributed by atoms with Crippen LogP contribution in [0.2, 0.25) is 0 Å². The second kappa shape index (κ2) is 6.86. The standard InChI is InChI=1S/C14H15FN4O4/c1-9-16-3-5-18(9)6-4-17-12-8-10(14(20)23-2)7-11(15)13(12)19(21)22/h3,5,7-8,17H,4,6H2,1-2H3. The number of ether oxygens (including phenoxy) is 1. The van der Waals surface area contributed by atoms with E-state index in [1.54, 1.807) is 12.4 Å². The molecule has 0 aliphatic carbocycles. The summed E-state index contributed by atoms with van der Waals surface area (Å²) in [5.41, 5.74) is -0.884. The van der Waals surface area contributed by atoms with Crippen LogP contribution in [0, 0.1) is 22.9 Å². The number of carbonyl (C=O) groups is 1. The maximum Gasteiger partial charge on any atom is 0.338 e. The highest BCUT2D eigenvalue weighted by Gasteiger charge is 2.23. The Bertz CT molecular complexity index is 744. The summed E-state index contributed by atoms with van der Waals surface area (Å²) in [6.45, 7) is 2.59. The molecule has 0 radical (unpaired) electrons. The van der Waals surface area contributed by atoms with E-state index in [2.05, 4.69) is 15.0 Å². The molecular weight excluding hydrogens is 307 g/mol. The fourth-order valence-corrected chi connectivity index (χ4v) is 2.11. The summed E-state index contributed by atoms with van der Waals surface area (Å²) in [6, 6.07) is 1.99. The third-order valence-electron chi connectivity index (χ3n) is 3.26. The molecule has 0 aliphatic rings. The molecule has 9 heteroatoms. The highest BCUT2D eigenvalue weighted by atomic mass is 19.1. The van der Waals surface area contributed by atoms with Gasteiger partial charge in [0.25, 0.3) is 0 Å². The van der Waals surface area contributed by atoms with E-state index in [0.29, 0.717) is 13.1 Å². The molecule has 0 saturated carbocycles. The summed E-state index contributed by atoms with van der Waals surface area (Å²) >= 11 is 0.